The topological polar surface area (TPSA) is 20.3 Å². The maximum absolute atomic E-state index is 12.5. The van der Waals surface area contributed by atoms with Crippen LogP contribution in [0.4, 0.5) is 0 Å². The third-order valence-corrected chi connectivity index (χ3v) is 4.30. The summed E-state index contributed by atoms with van der Waals surface area (Å²) < 4.78 is 0. The van der Waals surface area contributed by atoms with Crippen LogP contribution < -0.4 is 0 Å². The molecule has 0 unspecified atom stereocenters. The van der Waals surface area contributed by atoms with Gasteiger partial charge in [0.15, 0.2) is 0 Å². The van der Waals surface area contributed by atoms with E-state index in [-0.39, 0.29) is 5.54 Å². The van der Waals surface area contributed by atoms with Crippen molar-refractivity contribution in [3.63, 3.8) is 0 Å². The minimum atomic E-state index is -0.0215. The van der Waals surface area contributed by atoms with Crippen molar-refractivity contribution in [2.24, 2.45) is 0 Å². The van der Waals surface area contributed by atoms with E-state index in [1.807, 2.05) is 0 Å². The molecule has 0 saturated heterocycles. The van der Waals surface area contributed by atoms with E-state index >= 15 is 0 Å². The number of amides is 1. The molecule has 0 rings (SSSR count). The van der Waals surface area contributed by atoms with Gasteiger partial charge in [0, 0.05) is 18.0 Å². The van der Waals surface area contributed by atoms with Crippen molar-refractivity contribution >= 4 is 5.91 Å². The summed E-state index contributed by atoms with van der Waals surface area (Å²) in [5.41, 5.74) is -0.0215. The summed E-state index contributed by atoms with van der Waals surface area (Å²) in [6, 6.07) is 0.294. The van der Waals surface area contributed by atoms with Crippen LogP contribution in [0.15, 0.2) is 0 Å². The molecular formula is C18H37NO. The van der Waals surface area contributed by atoms with Crippen molar-refractivity contribution in [2.45, 2.75) is 111 Å². The maximum atomic E-state index is 12.5. The highest BCUT2D eigenvalue weighted by Crippen LogP contribution is 2.23. The van der Waals surface area contributed by atoms with Crippen LogP contribution in [-0.2, 0) is 4.79 Å². The highest BCUT2D eigenvalue weighted by molar-refractivity contribution is 5.77. The van der Waals surface area contributed by atoms with Crippen LogP contribution in [0.25, 0.3) is 0 Å². The lowest BCUT2D eigenvalue weighted by atomic mass is 9.96. The molecule has 0 aliphatic carbocycles. The van der Waals surface area contributed by atoms with E-state index in [4.69, 9.17) is 0 Å². The molecular weight excluding hydrogens is 246 g/mol. The molecule has 0 aromatic rings. The van der Waals surface area contributed by atoms with Crippen LogP contribution >= 0.6 is 0 Å². The molecule has 0 bridgehead atoms. The summed E-state index contributed by atoms with van der Waals surface area (Å²) in [5.74, 6) is 0.334. The average molecular weight is 284 g/mol. The van der Waals surface area contributed by atoms with E-state index in [1.54, 1.807) is 0 Å². The number of hydrogen-bond donors (Lipinski definition) is 0. The van der Waals surface area contributed by atoms with E-state index < -0.39 is 0 Å². The quantitative estimate of drug-likeness (QED) is 0.455. The first-order chi connectivity index (χ1) is 9.36. The molecule has 0 atom stereocenters. The predicted octanol–water partition coefficient (Wildman–Crippen LogP) is 5.55. The predicted molar refractivity (Wildman–Crippen MR) is 89.0 cm³/mol. The molecule has 2 heteroatoms. The Hall–Kier alpha value is -0.530. The zero-order valence-corrected chi connectivity index (χ0v) is 14.8. The van der Waals surface area contributed by atoms with Crippen molar-refractivity contribution in [3.05, 3.63) is 0 Å². The summed E-state index contributed by atoms with van der Waals surface area (Å²) >= 11 is 0. The van der Waals surface area contributed by atoms with E-state index in [1.165, 1.54) is 38.5 Å². The lowest BCUT2D eigenvalue weighted by Crippen LogP contribution is -2.51. The van der Waals surface area contributed by atoms with Crippen molar-refractivity contribution in [2.75, 3.05) is 0 Å². The lowest BCUT2D eigenvalue weighted by Gasteiger charge is -2.41. The number of rotatable bonds is 11. The minimum Gasteiger partial charge on any atom is -0.335 e. The molecule has 0 aliphatic rings. The Morgan fingerprint density at radius 1 is 0.950 bits per heavy atom. The minimum absolute atomic E-state index is 0.0215. The van der Waals surface area contributed by atoms with E-state index in [2.05, 4.69) is 46.4 Å². The first-order valence-electron chi connectivity index (χ1n) is 8.69. The van der Waals surface area contributed by atoms with Crippen molar-refractivity contribution < 1.29 is 4.79 Å². The Labute approximate surface area is 127 Å². The van der Waals surface area contributed by atoms with Crippen LogP contribution in [0.2, 0.25) is 0 Å². The Morgan fingerprint density at radius 2 is 1.45 bits per heavy atom. The molecule has 1 amide bonds. The highest BCUT2D eigenvalue weighted by atomic mass is 16.2. The second kappa shape index (κ2) is 10.2. The summed E-state index contributed by atoms with van der Waals surface area (Å²) in [5, 5.41) is 0. The third kappa shape index (κ3) is 7.31. The van der Waals surface area contributed by atoms with E-state index in [0.29, 0.717) is 11.9 Å². The number of nitrogens with zero attached hydrogens (tertiary/aromatic N) is 1. The van der Waals surface area contributed by atoms with E-state index in [9.17, 15) is 4.79 Å². The SMILES string of the molecule is CCCCCCCCCC(=O)N(C(C)C)C(C)(C)CC. The second-order valence-corrected chi connectivity index (χ2v) is 6.89. The first kappa shape index (κ1) is 19.5. The molecule has 0 heterocycles. The van der Waals surface area contributed by atoms with Gasteiger partial charge in [0.1, 0.15) is 0 Å². The fourth-order valence-corrected chi connectivity index (χ4v) is 2.85. The zero-order valence-electron chi connectivity index (χ0n) is 14.8. The Kier molecular flexibility index (Phi) is 9.96. The fourth-order valence-electron chi connectivity index (χ4n) is 2.85. The van der Waals surface area contributed by atoms with Gasteiger partial charge in [0.25, 0.3) is 0 Å². The van der Waals surface area contributed by atoms with Crippen molar-refractivity contribution in [1.82, 2.24) is 4.90 Å². The number of hydrogen-bond acceptors (Lipinski definition) is 1. The molecule has 0 spiro atoms. The molecule has 0 aliphatic heterocycles. The molecule has 0 radical (unpaired) electrons. The normalized spacial score (nSPS) is 11.9. The molecule has 0 aromatic heterocycles. The summed E-state index contributed by atoms with van der Waals surface area (Å²) in [7, 11) is 0. The first-order valence-corrected chi connectivity index (χ1v) is 8.69. The maximum Gasteiger partial charge on any atom is 0.223 e. The van der Waals surface area contributed by atoms with Crippen LogP contribution in [0.5, 0.6) is 0 Å². The van der Waals surface area contributed by atoms with Crippen LogP contribution in [-0.4, -0.2) is 22.4 Å². The molecule has 0 aromatic carbocycles. The standard InChI is InChI=1S/C18H37NO/c1-7-9-10-11-12-13-14-15-17(20)19(16(3)4)18(5,6)8-2/h16H,7-15H2,1-6H3. The van der Waals surface area contributed by atoms with E-state index in [0.717, 1.165) is 19.3 Å². The van der Waals surface area contributed by atoms with Crippen molar-refractivity contribution in [3.8, 4) is 0 Å². The zero-order chi connectivity index (χ0) is 15.6. The van der Waals surface area contributed by atoms with Crippen LogP contribution in [0.3, 0.4) is 0 Å². The smallest absolute Gasteiger partial charge is 0.223 e. The van der Waals surface area contributed by atoms with Gasteiger partial charge in [0.05, 0.1) is 0 Å². The number of carbonyl (C=O) groups excluding carboxylic acids is 1. The lowest BCUT2D eigenvalue weighted by molar-refractivity contribution is -0.139. The van der Waals surface area contributed by atoms with Gasteiger partial charge in [-0.15, -0.1) is 0 Å². The van der Waals surface area contributed by atoms with Gasteiger partial charge in [-0.1, -0.05) is 52.4 Å². The van der Waals surface area contributed by atoms with Gasteiger partial charge in [0.2, 0.25) is 5.91 Å². The molecule has 120 valence electrons. The average Bonchev–Trinajstić information content (AvgIpc) is 2.37. The Morgan fingerprint density at radius 3 is 1.90 bits per heavy atom. The van der Waals surface area contributed by atoms with Gasteiger partial charge in [-0.05, 0) is 40.5 Å². The summed E-state index contributed by atoms with van der Waals surface area (Å²) in [4.78, 5) is 14.5. The Bertz CT molecular complexity index is 258. The molecule has 0 saturated carbocycles. The monoisotopic (exact) mass is 283 g/mol. The third-order valence-electron chi connectivity index (χ3n) is 4.30. The molecule has 20 heavy (non-hydrogen) atoms. The highest BCUT2D eigenvalue weighted by Gasteiger charge is 2.30. The van der Waals surface area contributed by atoms with Gasteiger partial charge in [-0.2, -0.15) is 0 Å². The molecule has 0 fully saturated rings. The second-order valence-electron chi connectivity index (χ2n) is 6.89. The van der Waals surface area contributed by atoms with Gasteiger partial charge < -0.3 is 4.90 Å². The number of unbranched alkanes of at least 4 members (excludes halogenated alkanes) is 6. The van der Waals surface area contributed by atoms with Crippen LogP contribution in [0.1, 0.15) is 99.3 Å². The van der Waals surface area contributed by atoms with Crippen molar-refractivity contribution in [1.29, 1.82) is 0 Å². The number of carbonyl (C=O) groups is 1. The van der Waals surface area contributed by atoms with Crippen LogP contribution in [0, 0.1) is 0 Å². The molecule has 2 nitrogen and oxygen atoms in total. The molecule has 0 N–H and O–H groups in total. The summed E-state index contributed by atoms with van der Waals surface area (Å²) in [6.45, 7) is 13.0. The van der Waals surface area contributed by atoms with Gasteiger partial charge in [-0.3, -0.25) is 4.79 Å². The fraction of sp³-hybridized carbons (Fsp3) is 0.944. The Balaban J connectivity index is 4.04. The largest absolute Gasteiger partial charge is 0.335 e. The summed E-state index contributed by atoms with van der Waals surface area (Å²) in [6.07, 6.45) is 10.6. The van der Waals surface area contributed by atoms with Gasteiger partial charge in [-0.25, -0.2) is 0 Å². The van der Waals surface area contributed by atoms with Gasteiger partial charge >= 0.3 is 0 Å².